The van der Waals surface area contributed by atoms with Crippen molar-refractivity contribution < 1.29 is 9.59 Å². The molecule has 1 aromatic carbocycles. The van der Waals surface area contributed by atoms with Crippen LogP contribution in [0.1, 0.15) is 52.0 Å². The van der Waals surface area contributed by atoms with Crippen molar-refractivity contribution in [2.75, 3.05) is 12.0 Å². The molecule has 1 N–H and O–H groups in total. The molecule has 6 rings (SSSR count). The standard InChI is InChI=1S/C24H19N3O2/c1-24(20-4-2-3-11-25-20)13-27(24)26-17-12-15-7-9-18(28)16-8-5-14-6-10-19(29)23(17)22(14)21(15)16/h2-9,11-12,16,26H,10,13H2,1H3. The summed E-state index contributed by atoms with van der Waals surface area (Å²) in [6, 6.07) is 7.94. The molecule has 142 valence electrons. The van der Waals surface area contributed by atoms with Crippen molar-refractivity contribution in [1.29, 1.82) is 0 Å². The molecule has 1 fully saturated rings. The minimum Gasteiger partial charge on any atom is -0.317 e. The van der Waals surface area contributed by atoms with Crippen molar-refractivity contribution in [3.05, 3.63) is 82.7 Å². The lowest BCUT2D eigenvalue weighted by atomic mass is 9.72. The Morgan fingerprint density at radius 2 is 2.07 bits per heavy atom. The van der Waals surface area contributed by atoms with Gasteiger partial charge in [-0.05, 0) is 53.5 Å². The highest BCUT2D eigenvalue weighted by molar-refractivity contribution is 6.15. The minimum atomic E-state index is -0.291. The van der Waals surface area contributed by atoms with Gasteiger partial charge < -0.3 is 5.43 Å². The quantitative estimate of drug-likeness (QED) is 0.818. The van der Waals surface area contributed by atoms with Gasteiger partial charge in [-0.25, -0.2) is 5.01 Å². The fourth-order valence-corrected chi connectivity index (χ4v) is 4.72. The van der Waals surface area contributed by atoms with Crippen LogP contribution in [0, 0.1) is 0 Å². The fourth-order valence-electron chi connectivity index (χ4n) is 4.72. The van der Waals surface area contributed by atoms with E-state index in [4.69, 9.17) is 0 Å². The van der Waals surface area contributed by atoms with Gasteiger partial charge in [0.15, 0.2) is 11.6 Å². The topological polar surface area (TPSA) is 62.1 Å². The highest BCUT2D eigenvalue weighted by Gasteiger charge is 2.51. The van der Waals surface area contributed by atoms with Gasteiger partial charge in [0.2, 0.25) is 0 Å². The Labute approximate surface area is 168 Å². The average Bonchev–Trinajstić information content (AvgIpc) is 3.40. The summed E-state index contributed by atoms with van der Waals surface area (Å²) in [6.45, 7) is 2.95. The van der Waals surface area contributed by atoms with Crippen LogP contribution >= 0.6 is 0 Å². The maximum absolute atomic E-state index is 12.9. The van der Waals surface area contributed by atoms with Crippen molar-refractivity contribution in [2.24, 2.45) is 0 Å². The summed E-state index contributed by atoms with van der Waals surface area (Å²) in [6.07, 6.45) is 11.6. The second kappa shape index (κ2) is 5.61. The highest BCUT2D eigenvalue weighted by atomic mass is 16.1. The number of rotatable bonds is 3. The first-order valence-corrected chi connectivity index (χ1v) is 9.87. The molecule has 29 heavy (non-hydrogen) atoms. The zero-order valence-corrected chi connectivity index (χ0v) is 16.0. The maximum atomic E-state index is 12.9. The Morgan fingerprint density at radius 3 is 2.90 bits per heavy atom. The van der Waals surface area contributed by atoms with E-state index in [9.17, 15) is 9.59 Å². The van der Waals surface area contributed by atoms with Crippen LogP contribution in [0.3, 0.4) is 0 Å². The molecule has 5 heteroatoms. The molecule has 3 unspecified atom stereocenters. The van der Waals surface area contributed by atoms with E-state index in [0.29, 0.717) is 12.0 Å². The molecule has 1 saturated heterocycles. The number of Topliss-reactive ketones (excluding diaryl/α,β-unsaturated/α-hetero) is 1. The number of benzene rings is 1. The van der Waals surface area contributed by atoms with E-state index in [2.05, 4.69) is 22.3 Å². The molecule has 0 radical (unpaired) electrons. The van der Waals surface area contributed by atoms with Gasteiger partial charge in [0, 0.05) is 19.2 Å². The van der Waals surface area contributed by atoms with E-state index < -0.39 is 0 Å². The van der Waals surface area contributed by atoms with Crippen LogP contribution in [0.25, 0.3) is 11.6 Å². The number of allylic oxidation sites excluding steroid dienone is 5. The maximum Gasteiger partial charge on any atom is 0.169 e. The number of nitrogens with zero attached hydrogens (tertiary/aromatic N) is 2. The molecule has 1 aliphatic heterocycles. The Morgan fingerprint density at radius 1 is 1.17 bits per heavy atom. The molecule has 1 aromatic heterocycles. The predicted octanol–water partition coefficient (Wildman–Crippen LogP) is 3.86. The third kappa shape index (κ3) is 2.28. The van der Waals surface area contributed by atoms with Crippen LogP contribution in [0.4, 0.5) is 5.69 Å². The van der Waals surface area contributed by atoms with Gasteiger partial charge in [-0.1, -0.05) is 30.4 Å². The molecule has 0 saturated carbocycles. The molecular formula is C24H19N3O2. The average molecular weight is 381 g/mol. The molecule has 5 nitrogen and oxygen atoms in total. The monoisotopic (exact) mass is 381 g/mol. The first-order chi connectivity index (χ1) is 14.1. The molecule has 0 spiro atoms. The number of carbonyl (C=O) groups is 2. The van der Waals surface area contributed by atoms with E-state index in [0.717, 1.165) is 40.2 Å². The number of nitrogens with one attached hydrogen (secondary N) is 1. The number of aromatic nitrogens is 1. The van der Waals surface area contributed by atoms with E-state index in [-0.39, 0.29) is 23.0 Å². The molecule has 3 aliphatic carbocycles. The fraction of sp³-hybridized carbons (Fsp3) is 0.208. The van der Waals surface area contributed by atoms with Crippen LogP contribution in [0.15, 0.2) is 54.8 Å². The number of hydrazine groups is 1. The lowest BCUT2D eigenvalue weighted by Crippen LogP contribution is -2.25. The summed E-state index contributed by atoms with van der Waals surface area (Å²) in [5, 5.41) is 2.11. The zero-order chi connectivity index (χ0) is 19.8. The summed E-state index contributed by atoms with van der Waals surface area (Å²) >= 11 is 0. The summed E-state index contributed by atoms with van der Waals surface area (Å²) in [5.41, 5.74) is 9.73. The van der Waals surface area contributed by atoms with E-state index >= 15 is 0 Å². The van der Waals surface area contributed by atoms with Crippen LogP contribution in [0.2, 0.25) is 0 Å². The second-order valence-corrected chi connectivity index (χ2v) is 8.22. The molecule has 3 atom stereocenters. The first kappa shape index (κ1) is 16.6. The highest BCUT2D eigenvalue weighted by Crippen LogP contribution is 2.48. The SMILES string of the molecule is CC1(c2ccccn2)CN1Nc1cc2c3c4c1C(=O)CC=C4C=CC3C(=O)C=C2. The molecule has 4 aliphatic rings. The number of carbonyl (C=O) groups excluding carboxylic acids is 2. The van der Waals surface area contributed by atoms with E-state index in [1.807, 2.05) is 48.6 Å². The summed E-state index contributed by atoms with van der Waals surface area (Å²) in [7, 11) is 0. The zero-order valence-electron chi connectivity index (χ0n) is 16.0. The van der Waals surface area contributed by atoms with E-state index in [1.54, 1.807) is 12.3 Å². The Balaban J connectivity index is 1.47. The third-order valence-electron chi connectivity index (χ3n) is 6.42. The summed E-state index contributed by atoms with van der Waals surface area (Å²) in [4.78, 5) is 29.9. The summed E-state index contributed by atoms with van der Waals surface area (Å²) < 4.78 is 0. The third-order valence-corrected chi connectivity index (χ3v) is 6.42. The van der Waals surface area contributed by atoms with Crippen LogP contribution in [-0.2, 0) is 10.3 Å². The number of anilines is 1. The molecule has 2 heterocycles. The van der Waals surface area contributed by atoms with Crippen molar-refractivity contribution in [3.8, 4) is 0 Å². The Hall–Kier alpha value is -3.31. The number of hydrogen-bond acceptors (Lipinski definition) is 5. The number of ketones is 2. The van der Waals surface area contributed by atoms with Gasteiger partial charge in [0.05, 0.1) is 28.4 Å². The Kier molecular flexibility index (Phi) is 3.22. The van der Waals surface area contributed by atoms with Gasteiger partial charge in [-0.15, -0.1) is 0 Å². The number of pyridine rings is 1. The van der Waals surface area contributed by atoms with Crippen molar-refractivity contribution in [3.63, 3.8) is 0 Å². The van der Waals surface area contributed by atoms with Crippen LogP contribution < -0.4 is 5.43 Å². The molecular weight excluding hydrogens is 362 g/mol. The Bertz CT molecular complexity index is 1190. The first-order valence-electron chi connectivity index (χ1n) is 9.87. The lowest BCUT2D eigenvalue weighted by Gasteiger charge is -2.31. The van der Waals surface area contributed by atoms with Gasteiger partial charge in [0.1, 0.15) is 0 Å². The van der Waals surface area contributed by atoms with Gasteiger partial charge >= 0.3 is 0 Å². The van der Waals surface area contributed by atoms with Crippen molar-refractivity contribution in [2.45, 2.75) is 24.8 Å². The van der Waals surface area contributed by atoms with Crippen LogP contribution in [0.5, 0.6) is 0 Å². The minimum absolute atomic E-state index is 0.0717. The molecule has 0 bridgehead atoms. The smallest absolute Gasteiger partial charge is 0.169 e. The summed E-state index contributed by atoms with van der Waals surface area (Å²) in [5.74, 6) is -0.130. The van der Waals surface area contributed by atoms with Gasteiger partial charge in [0.25, 0.3) is 0 Å². The van der Waals surface area contributed by atoms with Crippen molar-refractivity contribution >= 4 is 28.9 Å². The number of hydrogen-bond donors (Lipinski definition) is 1. The lowest BCUT2D eigenvalue weighted by molar-refractivity contribution is -0.115. The predicted molar refractivity (Wildman–Crippen MR) is 111 cm³/mol. The normalized spacial score (nSPS) is 28.1. The largest absolute Gasteiger partial charge is 0.317 e. The van der Waals surface area contributed by atoms with Gasteiger partial charge in [-0.2, -0.15) is 0 Å². The molecule has 0 amide bonds. The van der Waals surface area contributed by atoms with Crippen molar-refractivity contribution in [1.82, 2.24) is 9.99 Å². The van der Waals surface area contributed by atoms with Crippen LogP contribution in [-0.4, -0.2) is 28.1 Å². The molecule has 2 aromatic rings. The van der Waals surface area contributed by atoms with E-state index in [1.165, 1.54) is 0 Å². The second-order valence-electron chi connectivity index (χ2n) is 8.22. The van der Waals surface area contributed by atoms with Gasteiger partial charge in [-0.3, -0.25) is 14.6 Å².